The number of hydrogen-bond donors (Lipinski definition) is 0. The van der Waals surface area contributed by atoms with Gasteiger partial charge in [-0.25, -0.2) is 4.31 Å². The quantitative estimate of drug-likeness (QED) is 0.807. The van der Waals surface area contributed by atoms with E-state index in [1.807, 2.05) is 24.3 Å². The van der Waals surface area contributed by atoms with Crippen molar-refractivity contribution in [2.24, 2.45) is 0 Å². The molecule has 0 saturated carbocycles. The van der Waals surface area contributed by atoms with Crippen LogP contribution >= 0.6 is 0 Å². The maximum atomic E-state index is 12.8. The van der Waals surface area contributed by atoms with Gasteiger partial charge in [0.05, 0.1) is 17.4 Å². The number of pyridine rings is 1. The van der Waals surface area contributed by atoms with Gasteiger partial charge in [-0.2, -0.15) is 8.42 Å². The van der Waals surface area contributed by atoms with Gasteiger partial charge in [0.1, 0.15) is 5.69 Å². The number of benzene rings is 1. The molecule has 1 fully saturated rings. The van der Waals surface area contributed by atoms with Gasteiger partial charge in [-0.1, -0.05) is 18.2 Å². The van der Waals surface area contributed by atoms with Gasteiger partial charge in [0.15, 0.2) is 0 Å². The molecule has 0 unspecified atom stereocenters. The molecule has 0 bridgehead atoms. The van der Waals surface area contributed by atoms with E-state index in [2.05, 4.69) is 4.98 Å². The first kappa shape index (κ1) is 16.8. The second-order valence-corrected chi connectivity index (χ2v) is 8.33. The number of likely N-dealkylation sites (tertiary alicyclic amines) is 1. The third-order valence-electron chi connectivity index (χ3n) is 5.02. The summed E-state index contributed by atoms with van der Waals surface area (Å²) in [6.45, 7) is 1.02. The first-order valence-electron chi connectivity index (χ1n) is 8.58. The van der Waals surface area contributed by atoms with Crippen LogP contribution in [0.15, 0.2) is 48.7 Å². The number of anilines is 2. The fourth-order valence-corrected chi connectivity index (χ4v) is 5.29. The van der Waals surface area contributed by atoms with Gasteiger partial charge in [0, 0.05) is 26.3 Å². The molecule has 1 aromatic carbocycles. The lowest BCUT2D eigenvalue weighted by Gasteiger charge is -2.36. The zero-order valence-electron chi connectivity index (χ0n) is 14.4. The van der Waals surface area contributed by atoms with Gasteiger partial charge in [-0.3, -0.25) is 14.1 Å². The van der Waals surface area contributed by atoms with E-state index in [0.29, 0.717) is 43.0 Å². The number of nitrogens with zero attached hydrogens (tertiary/aromatic N) is 4. The fraction of sp³-hybridized carbons (Fsp3) is 0.333. The van der Waals surface area contributed by atoms with Crippen molar-refractivity contribution in [1.82, 2.24) is 9.88 Å². The average molecular weight is 372 g/mol. The van der Waals surface area contributed by atoms with Gasteiger partial charge < -0.3 is 4.90 Å². The summed E-state index contributed by atoms with van der Waals surface area (Å²) in [5.74, 6) is -0.106. The molecule has 26 heavy (non-hydrogen) atoms. The van der Waals surface area contributed by atoms with Gasteiger partial charge in [0.25, 0.3) is 5.91 Å². The van der Waals surface area contributed by atoms with E-state index in [9.17, 15) is 13.2 Å². The molecule has 2 aliphatic heterocycles. The molecule has 136 valence electrons. The lowest BCUT2D eigenvalue weighted by Crippen LogP contribution is -2.49. The van der Waals surface area contributed by atoms with Crippen molar-refractivity contribution >= 4 is 27.5 Å². The third kappa shape index (κ3) is 2.61. The van der Waals surface area contributed by atoms with Crippen LogP contribution in [0.2, 0.25) is 0 Å². The predicted octanol–water partition coefficient (Wildman–Crippen LogP) is 1.89. The molecule has 8 heteroatoms. The second-order valence-electron chi connectivity index (χ2n) is 6.50. The summed E-state index contributed by atoms with van der Waals surface area (Å²) in [5.41, 5.74) is 1.83. The Bertz CT molecular complexity index is 924. The summed E-state index contributed by atoms with van der Waals surface area (Å²) < 4.78 is 28.5. The Balaban J connectivity index is 1.53. The topological polar surface area (TPSA) is 73.8 Å². The van der Waals surface area contributed by atoms with E-state index < -0.39 is 10.2 Å². The Morgan fingerprint density at radius 3 is 2.35 bits per heavy atom. The zero-order valence-corrected chi connectivity index (χ0v) is 15.3. The van der Waals surface area contributed by atoms with Crippen molar-refractivity contribution in [3.8, 4) is 0 Å². The summed E-state index contributed by atoms with van der Waals surface area (Å²) in [6.07, 6.45) is 2.80. The van der Waals surface area contributed by atoms with Crippen molar-refractivity contribution < 1.29 is 13.2 Å². The highest BCUT2D eigenvalue weighted by Gasteiger charge is 2.43. The predicted molar refractivity (Wildman–Crippen MR) is 99.4 cm³/mol. The number of aromatic nitrogens is 1. The Morgan fingerprint density at radius 2 is 1.69 bits per heavy atom. The maximum Gasteiger partial charge on any atom is 0.326 e. The Kier molecular flexibility index (Phi) is 4.07. The van der Waals surface area contributed by atoms with Crippen LogP contribution in [0.1, 0.15) is 23.3 Å². The first-order chi connectivity index (χ1) is 12.5. The Morgan fingerprint density at radius 1 is 1.04 bits per heavy atom. The lowest BCUT2D eigenvalue weighted by molar-refractivity contribution is 0.0710. The molecule has 7 nitrogen and oxygen atoms in total. The standard InChI is InChI=1S/C18H20N4O3S/c1-20-16-7-2-3-8-17(16)22(26(20,24)25)14-9-12-21(13-10-14)18(23)15-6-4-5-11-19-15/h2-8,11,14H,9-10,12-13H2,1H3. The van der Waals surface area contributed by atoms with E-state index in [0.717, 1.165) is 0 Å². The summed E-state index contributed by atoms with van der Waals surface area (Å²) in [5, 5.41) is 0. The summed E-state index contributed by atoms with van der Waals surface area (Å²) >= 11 is 0. The number of piperidine rings is 1. The van der Waals surface area contributed by atoms with Crippen LogP contribution in [-0.2, 0) is 10.2 Å². The van der Waals surface area contributed by atoms with Crippen LogP contribution in [0.3, 0.4) is 0 Å². The van der Waals surface area contributed by atoms with E-state index in [1.165, 1.54) is 8.61 Å². The molecule has 3 heterocycles. The highest BCUT2D eigenvalue weighted by atomic mass is 32.2. The molecule has 0 spiro atoms. The highest BCUT2D eigenvalue weighted by Crippen LogP contribution is 2.42. The summed E-state index contributed by atoms with van der Waals surface area (Å²) in [6, 6.07) is 12.4. The average Bonchev–Trinajstić information content (AvgIpc) is 2.88. The van der Waals surface area contributed by atoms with Crippen LogP contribution in [0.5, 0.6) is 0 Å². The Labute approximate surface area is 153 Å². The van der Waals surface area contributed by atoms with E-state index >= 15 is 0 Å². The van der Waals surface area contributed by atoms with Gasteiger partial charge in [-0.15, -0.1) is 0 Å². The minimum atomic E-state index is -3.56. The molecule has 4 rings (SSSR count). The minimum absolute atomic E-state index is 0.106. The molecule has 2 aromatic rings. The normalized spacial score (nSPS) is 19.5. The molecule has 0 atom stereocenters. The SMILES string of the molecule is CN1c2ccccc2N(C2CCN(C(=O)c3ccccn3)CC2)S1(=O)=O. The van der Waals surface area contributed by atoms with Crippen LogP contribution in [-0.4, -0.2) is 50.4 Å². The molecular formula is C18H20N4O3S. The molecular weight excluding hydrogens is 352 g/mol. The van der Waals surface area contributed by atoms with Gasteiger partial charge in [0.2, 0.25) is 0 Å². The number of rotatable bonds is 2. The van der Waals surface area contributed by atoms with Gasteiger partial charge >= 0.3 is 10.2 Å². The minimum Gasteiger partial charge on any atom is -0.337 e. The lowest BCUT2D eigenvalue weighted by atomic mass is 10.0. The number of hydrogen-bond acceptors (Lipinski definition) is 4. The number of fused-ring (bicyclic) bond motifs is 1. The van der Waals surface area contributed by atoms with Crippen molar-refractivity contribution in [3.05, 3.63) is 54.4 Å². The molecule has 1 saturated heterocycles. The van der Waals surface area contributed by atoms with Crippen molar-refractivity contribution in [1.29, 1.82) is 0 Å². The van der Waals surface area contributed by atoms with Gasteiger partial charge in [-0.05, 0) is 37.1 Å². The van der Waals surface area contributed by atoms with Crippen LogP contribution in [0.4, 0.5) is 11.4 Å². The first-order valence-corrected chi connectivity index (χ1v) is 9.97. The summed E-state index contributed by atoms with van der Waals surface area (Å²) in [7, 11) is -1.99. The number of amides is 1. The molecule has 2 aliphatic rings. The smallest absolute Gasteiger partial charge is 0.326 e. The van der Waals surface area contributed by atoms with Crippen LogP contribution in [0, 0.1) is 0 Å². The third-order valence-corrected chi connectivity index (χ3v) is 6.90. The zero-order chi connectivity index (χ0) is 18.3. The fourth-order valence-electron chi connectivity index (χ4n) is 3.64. The summed E-state index contributed by atoms with van der Waals surface area (Å²) in [4.78, 5) is 18.4. The van der Waals surface area contributed by atoms with E-state index in [4.69, 9.17) is 0 Å². The second kappa shape index (κ2) is 6.28. The number of carbonyl (C=O) groups excluding carboxylic acids is 1. The van der Waals surface area contributed by atoms with Crippen LogP contribution in [0.25, 0.3) is 0 Å². The van der Waals surface area contributed by atoms with E-state index in [-0.39, 0.29) is 11.9 Å². The van der Waals surface area contributed by atoms with Crippen molar-refractivity contribution in [2.45, 2.75) is 18.9 Å². The maximum absolute atomic E-state index is 12.8. The van der Waals surface area contributed by atoms with Crippen molar-refractivity contribution in [2.75, 3.05) is 28.7 Å². The largest absolute Gasteiger partial charge is 0.337 e. The molecule has 1 aromatic heterocycles. The Hall–Kier alpha value is -2.61. The molecule has 1 amide bonds. The highest BCUT2D eigenvalue weighted by molar-refractivity contribution is 7.94. The van der Waals surface area contributed by atoms with Crippen LogP contribution < -0.4 is 8.61 Å². The molecule has 0 radical (unpaired) electrons. The molecule has 0 aliphatic carbocycles. The van der Waals surface area contributed by atoms with E-state index in [1.54, 1.807) is 36.3 Å². The molecule has 0 N–H and O–H groups in total. The number of carbonyl (C=O) groups is 1. The number of para-hydroxylation sites is 2. The monoisotopic (exact) mass is 372 g/mol. The van der Waals surface area contributed by atoms with Crippen molar-refractivity contribution in [3.63, 3.8) is 0 Å².